The van der Waals surface area contributed by atoms with Crippen molar-refractivity contribution in [1.29, 1.82) is 0 Å². The van der Waals surface area contributed by atoms with E-state index in [0.29, 0.717) is 17.8 Å². The number of hydrogen-bond acceptors (Lipinski definition) is 5. The Morgan fingerprint density at radius 1 is 1.09 bits per heavy atom. The van der Waals surface area contributed by atoms with E-state index in [1.807, 2.05) is 42.5 Å². The quantitative estimate of drug-likeness (QED) is 0.585. The predicted molar refractivity (Wildman–Crippen MR) is 134 cm³/mol. The third-order valence-corrected chi connectivity index (χ3v) is 6.53. The lowest BCUT2D eigenvalue weighted by molar-refractivity contribution is -0.139. The zero-order chi connectivity index (χ0) is 24.1. The minimum absolute atomic E-state index is 0.267. The molecule has 2 aliphatic heterocycles. The number of rotatable bonds is 7. The van der Waals surface area contributed by atoms with Gasteiger partial charge in [0.1, 0.15) is 0 Å². The maximum Gasteiger partial charge on any atom is 0.338 e. The highest BCUT2D eigenvalue weighted by Gasteiger charge is 2.34. The number of nitrogens with one attached hydrogen (secondary N) is 2. The van der Waals surface area contributed by atoms with Gasteiger partial charge < -0.3 is 20.3 Å². The first-order valence-corrected chi connectivity index (χ1v) is 12.2. The van der Waals surface area contributed by atoms with Crippen LogP contribution in [0.25, 0.3) is 0 Å². The van der Waals surface area contributed by atoms with Gasteiger partial charge in [-0.2, -0.15) is 0 Å². The molecule has 0 radical (unpaired) electrons. The normalized spacial score (nSPS) is 19.0. The molecule has 180 valence electrons. The van der Waals surface area contributed by atoms with Crippen molar-refractivity contribution in [2.75, 3.05) is 44.2 Å². The number of carbonyl (C=O) groups is 2. The van der Waals surface area contributed by atoms with Crippen LogP contribution in [0.15, 0.2) is 59.8 Å². The van der Waals surface area contributed by atoms with Crippen LogP contribution in [-0.4, -0.2) is 56.2 Å². The number of urea groups is 1. The second-order valence-corrected chi connectivity index (χ2v) is 8.92. The molecule has 4 rings (SSSR count). The number of anilines is 1. The molecule has 8 heteroatoms. The summed E-state index contributed by atoms with van der Waals surface area (Å²) in [7, 11) is 0. The summed E-state index contributed by atoms with van der Waals surface area (Å²) in [5, 5.41) is 6.52. The summed E-state index contributed by atoms with van der Waals surface area (Å²) >= 11 is 6.15. The van der Waals surface area contributed by atoms with E-state index < -0.39 is 12.0 Å². The van der Waals surface area contributed by atoms with Gasteiger partial charge in [0.15, 0.2) is 0 Å². The molecule has 0 bridgehead atoms. The fraction of sp³-hybridized carbons (Fsp3) is 0.385. The molecular weight excluding hydrogens is 452 g/mol. The SMILES string of the molecule is CCOC(=O)C1=C(CN2CCN(c3cccc(Cl)c3)CC2)NC(=O)N[C@@H]1c1ccc(CC)cc1. The van der Waals surface area contributed by atoms with Crippen LogP contribution >= 0.6 is 11.6 Å². The van der Waals surface area contributed by atoms with Crippen LogP contribution < -0.4 is 15.5 Å². The largest absolute Gasteiger partial charge is 0.463 e. The van der Waals surface area contributed by atoms with Gasteiger partial charge in [-0.1, -0.05) is 48.9 Å². The van der Waals surface area contributed by atoms with Crippen molar-refractivity contribution in [1.82, 2.24) is 15.5 Å². The van der Waals surface area contributed by atoms with Crippen molar-refractivity contribution >= 4 is 29.3 Å². The summed E-state index contributed by atoms with van der Waals surface area (Å²) in [6.07, 6.45) is 0.922. The van der Waals surface area contributed by atoms with Gasteiger partial charge in [0.05, 0.1) is 18.2 Å². The Hall–Kier alpha value is -3.03. The Bertz CT molecular complexity index is 1060. The molecule has 2 N–H and O–H groups in total. The molecule has 0 spiro atoms. The standard InChI is InChI=1S/C26H31ClN4O3/c1-3-18-8-10-19(11-9-18)24-23(25(32)34-4-2)22(28-26(33)29-24)17-30-12-14-31(15-13-30)21-7-5-6-20(27)16-21/h5-11,16,24H,3-4,12-15,17H2,1-2H3,(H2,28,29,33)/t24-/m1/s1. The number of ether oxygens (including phenoxy) is 1. The molecule has 2 heterocycles. The Morgan fingerprint density at radius 3 is 2.47 bits per heavy atom. The number of esters is 1. The minimum Gasteiger partial charge on any atom is -0.463 e. The number of amides is 2. The van der Waals surface area contributed by atoms with Crippen LogP contribution in [0.1, 0.15) is 31.0 Å². The van der Waals surface area contributed by atoms with E-state index >= 15 is 0 Å². The summed E-state index contributed by atoms with van der Waals surface area (Å²) in [5.41, 5.74) is 4.22. The van der Waals surface area contributed by atoms with Gasteiger partial charge in [-0.3, -0.25) is 4.90 Å². The van der Waals surface area contributed by atoms with E-state index in [1.165, 1.54) is 5.56 Å². The Kier molecular flexibility index (Phi) is 7.75. The third-order valence-electron chi connectivity index (χ3n) is 6.30. The number of carbonyl (C=O) groups excluding carboxylic acids is 2. The molecule has 1 atom stereocenters. The van der Waals surface area contributed by atoms with Crippen molar-refractivity contribution in [3.8, 4) is 0 Å². The third kappa shape index (κ3) is 5.54. The zero-order valence-corrected chi connectivity index (χ0v) is 20.4. The van der Waals surface area contributed by atoms with Crippen LogP contribution in [0.2, 0.25) is 5.02 Å². The number of piperazine rings is 1. The lowest BCUT2D eigenvalue weighted by Gasteiger charge is -2.38. The lowest BCUT2D eigenvalue weighted by atomic mass is 9.94. The summed E-state index contributed by atoms with van der Waals surface area (Å²) in [6, 6.07) is 15.0. The molecule has 7 nitrogen and oxygen atoms in total. The molecule has 0 saturated carbocycles. The van der Waals surface area contributed by atoms with Crippen molar-refractivity contribution in [2.24, 2.45) is 0 Å². The maximum atomic E-state index is 13.0. The first kappa shape index (κ1) is 24.1. The van der Waals surface area contributed by atoms with E-state index in [-0.39, 0.29) is 12.6 Å². The average Bonchev–Trinajstić information content (AvgIpc) is 2.84. The second-order valence-electron chi connectivity index (χ2n) is 8.48. The second kappa shape index (κ2) is 10.9. The minimum atomic E-state index is -0.554. The van der Waals surface area contributed by atoms with E-state index in [9.17, 15) is 9.59 Å². The van der Waals surface area contributed by atoms with Crippen LogP contribution in [0.5, 0.6) is 0 Å². The molecule has 2 aliphatic rings. The van der Waals surface area contributed by atoms with Crippen molar-refractivity contribution < 1.29 is 14.3 Å². The van der Waals surface area contributed by atoms with Crippen molar-refractivity contribution in [2.45, 2.75) is 26.3 Å². The fourth-order valence-corrected chi connectivity index (χ4v) is 4.63. The number of halogens is 1. The first-order valence-electron chi connectivity index (χ1n) is 11.8. The van der Waals surface area contributed by atoms with Crippen LogP contribution in [0.4, 0.5) is 10.5 Å². The molecule has 34 heavy (non-hydrogen) atoms. The molecule has 1 saturated heterocycles. The molecule has 2 aromatic rings. The zero-order valence-electron chi connectivity index (χ0n) is 19.6. The molecule has 1 fully saturated rings. The van der Waals surface area contributed by atoms with Crippen molar-refractivity contribution in [3.63, 3.8) is 0 Å². The van der Waals surface area contributed by atoms with Gasteiger partial charge >= 0.3 is 12.0 Å². The van der Waals surface area contributed by atoms with Gasteiger partial charge in [0, 0.05) is 49.1 Å². The summed E-state index contributed by atoms with van der Waals surface area (Å²) < 4.78 is 5.39. The number of benzene rings is 2. The van der Waals surface area contributed by atoms with Gasteiger partial charge in [-0.15, -0.1) is 0 Å². The fourth-order valence-electron chi connectivity index (χ4n) is 4.45. The average molecular weight is 483 g/mol. The highest BCUT2D eigenvalue weighted by atomic mass is 35.5. The number of aryl methyl sites for hydroxylation is 1. The van der Waals surface area contributed by atoms with Crippen LogP contribution in [-0.2, 0) is 16.0 Å². The summed E-state index contributed by atoms with van der Waals surface area (Å²) in [4.78, 5) is 30.1. The highest BCUT2D eigenvalue weighted by molar-refractivity contribution is 6.30. The Morgan fingerprint density at radius 2 is 1.82 bits per heavy atom. The van der Waals surface area contributed by atoms with E-state index in [0.717, 1.165) is 48.9 Å². The van der Waals surface area contributed by atoms with E-state index in [1.54, 1.807) is 6.92 Å². The number of nitrogens with zero attached hydrogens (tertiary/aromatic N) is 2. The molecule has 0 aromatic heterocycles. The van der Waals surface area contributed by atoms with E-state index in [4.69, 9.17) is 16.3 Å². The Labute approximate surface area is 205 Å². The highest BCUT2D eigenvalue weighted by Crippen LogP contribution is 2.29. The first-order chi connectivity index (χ1) is 16.5. The molecule has 2 aromatic carbocycles. The Balaban J connectivity index is 1.55. The lowest BCUT2D eigenvalue weighted by Crippen LogP contribution is -2.51. The van der Waals surface area contributed by atoms with Gasteiger partial charge in [-0.05, 0) is 42.7 Å². The summed E-state index contributed by atoms with van der Waals surface area (Å²) in [6.45, 7) is 7.87. The van der Waals surface area contributed by atoms with Crippen molar-refractivity contribution in [3.05, 3.63) is 76.0 Å². The number of hydrogen-bond donors (Lipinski definition) is 2. The van der Waals surface area contributed by atoms with Gasteiger partial charge in [0.25, 0.3) is 0 Å². The molecule has 0 unspecified atom stereocenters. The topological polar surface area (TPSA) is 73.9 Å². The van der Waals surface area contributed by atoms with Gasteiger partial charge in [-0.25, -0.2) is 9.59 Å². The molecule has 0 aliphatic carbocycles. The van der Waals surface area contributed by atoms with Gasteiger partial charge in [0.2, 0.25) is 0 Å². The van der Waals surface area contributed by atoms with Crippen LogP contribution in [0.3, 0.4) is 0 Å². The maximum absolute atomic E-state index is 13.0. The summed E-state index contributed by atoms with van der Waals surface area (Å²) in [5.74, 6) is -0.410. The molecule has 2 amide bonds. The monoisotopic (exact) mass is 482 g/mol. The predicted octanol–water partition coefficient (Wildman–Crippen LogP) is 3.90. The smallest absolute Gasteiger partial charge is 0.338 e. The van der Waals surface area contributed by atoms with E-state index in [2.05, 4.69) is 33.4 Å². The van der Waals surface area contributed by atoms with Crippen LogP contribution in [0, 0.1) is 0 Å². The molecular formula is C26H31ClN4O3.